The molecule has 5 heteroatoms. The molecule has 2 saturated heterocycles. The van der Waals surface area contributed by atoms with Crippen LogP contribution >= 0.6 is 0 Å². The van der Waals surface area contributed by atoms with Gasteiger partial charge >= 0.3 is 0 Å². The van der Waals surface area contributed by atoms with E-state index in [-0.39, 0.29) is 6.04 Å². The van der Waals surface area contributed by atoms with Crippen molar-refractivity contribution in [3.8, 4) is 0 Å². The highest BCUT2D eigenvalue weighted by atomic mass is 16.5. The van der Waals surface area contributed by atoms with Crippen LogP contribution in [0.4, 0.5) is 0 Å². The van der Waals surface area contributed by atoms with Crippen LogP contribution in [0.1, 0.15) is 32.6 Å². The second kappa shape index (κ2) is 6.63. The summed E-state index contributed by atoms with van der Waals surface area (Å²) in [6.07, 6.45) is 4.06. The number of carbonyl (C=O) groups excluding carboxylic acids is 1. The van der Waals surface area contributed by atoms with Crippen molar-refractivity contribution in [1.29, 1.82) is 0 Å². The topological polar surface area (TPSA) is 58.8 Å². The van der Waals surface area contributed by atoms with E-state index >= 15 is 0 Å². The molecule has 5 nitrogen and oxygen atoms in total. The molecule has 2 unspecified atom stereocenters. The minimum absolute atomic E-state index is 0.240. The molecule has 3 aliphatic rings. The molecule has 1 saturated carbocycles. The van der Waals surface area contributed by atoms with Gasteiger partial charge in [0, 0.05) is 44.7 Å². The molecule has 2 heterocycles. The number of hydrogen-bond donors (Lipinski definition) is 1. The van der Waals surface area contributed by atoms with E-state index in [0.29, 0.717) is 30.2 Å². The quantitative estimate of drug-likeness (QED) is 0.832. The van der Waals surface area contributed by atoms with E-state index in [9.17, 15) is 4.79 Å². The predicted molar refractivity (Wildman–Crippen MR) is 81.9 cm³/mol. The molecule has 3 fully saturated rings. The van der Waals surface area contributed by atoms with Crippen molar-refractivity contribution in [3.05, 3.63) is 0 Å². The number of carbonyl (C=O) groups is 1. The Hall–Kier alpha value is -0.650. The van der Waals surface area contributed by atoms with Gasteiger partial charge in [0.15, 0.2) is 0 Å². The van der Waals surface area contributed by atoms with Crippen LogP contribution in [0, 0.1) is 11.8 Å². The Morgan fingerprint density at radius 1 is 1.24 bits per heavy atom. The molecule has 0 bridgehead atoms. The third-order valence-corrected chi connectivity index (χ3v) is 5.59. The Labute approximate surface area is 127 Å². The van der Waals surface area contributed by atoms with Crippen LogP contribution in [0.5, 0.6) is 0 Å². The first-order valence-corrected chi connectivity index (χ1v) is 8.50. The van der Waals surface area contributed by atoms with Crippen molar-refractivity contribution < 1.29 is 9.53 Å². The number of rotatable bonds is 3. The fourth-order valence-corrected chi connectivity index (χ4v) is 4.21. The molecule has 1 amide bonds. The number of amides is 1. The van der Waals surface area contributed by atoms with Gasteiger partial charge in [0.2, 0.25) is 5.91 Å². The second-order valence-electron chi connectivity index (χ2n) is 7.05. The maximum atomic E-state index is 12.5. The zero-order chi connectivity index (χ0) is 14.8. The molecule has 0 aromatic heterocycles. The van der Waals surface area contributed by atoms with Gasteiger partial charge in [0.1, 0.15) is 0 Å². The minimum Gasteiger partial charge on any atom is -0.379 e. The highest BCUT2D eigenvalue weighted by molar-refractivity contribution is 5.77. The van der Waals surface area contributed by atoms with Crippen LogP contribution in [0.25, 0.3) is 0 Å². The van der Waals surface area contributed by atoms with Gasteiger partial charge in [-0.2, -0.15) is 0 Å². The van der Waals surface area contributed by atoms with E-state index in [4.69, 9.17) is 10.5 Å². The monoisotopic (exact) mass is 295 g/mol. The summed E-state index contributed by atoms with van der Waals surface area (Å²) >= 11 is 0. The van der Waals surface area contributed by atoms with E-state index < -0.39 is 0 Å². The van der Waals surface area contributed by atoms with Crippen molar-refractivity contribution in [2.24, 2.45) is 17.6 Å². The van der Waals surface area contributed by atoms with E-state index in [0.717, 1.165) is 52.2 Å². The summed E-state index contributed by atoms with van der Waals surface area (Å²) in [4.78, 5) is 17.1. The molecule has 0 aromatic rings. The maximum absolute atomic E-state index is 12.5. The van der Waals surface area contributed by atoms with Gasteiger partial charge in [0.25, 0.3) is 0 Å². The van der Waals surface area contributed by atoms with Gasteiger partial charge in [-0.05, 0) is 24.7 Å². The molecule has 4 atom stereocenters. The molecular weight excluding hydrogens is 266 g/mol. The second-order valence-corrected chi connectivity index (χ2v) is 7.05. The number of morpholine rings is 1. The van der Waals surface area contributed by atoms with Gasteiger partial charge in [0.05, 0.1) is 13.2 Å². The Bertz CT molecular complexity index is 371. The molecule has 0 spiro atoms. The summed E-state index contributed by atoms with van der Waals surface area (Å²) in [6, 6.07) is 0.749. The Morgan fingerprint density at radius 3 is 2.67 bits per heavy atom. The standard InChI is InChI=1S/C16H29N3O2/c1-12-10-19(11-15(12)18-5-7-21-8-6-18)16(20)9-13-3-2-4-14(13)17/h12-15H,2-11,17H2,1H3/t12?,13-,14+,15?/m0/s1. The van der Waals surface area contributed by atoms with Crippen LogP contribution < -0.4 is 5.73 Å². The third kappa shape index (κ3) is 3.41. The summed E-state index contributed by atoms with van der Waals surface area (Å²) in [5, 5.41) is 0. The normalized spacial score (nSPS) is 38.1. The predicted octanol–water partition coefficient (Wildman–Crippen LogP) is 0.683. The smallest absolute Gasteiger partial charge is 0.222 e. The lowest BCUT2D eigenvalue weighted by Crippen LogP contribution is -2.47. The largest absolute Gasteiger partial charge is 0.379 e. The maximum Gasteiger partial charge on any atom is 0.222 e. The summed E-state index contributed by atoms with van der Waals surface area (Å²) in [5.74, 6) is 1.29. The number of hydrogen-bond acceptors (Lipinski definition) is 4. The first kappa shape index (κ1) is 15.3. The molecule has 0 aromatic carbocycles. The van der Waals surface area contributed by atoms with Crippen molar-refractivity contribution in [2.75, 3.05) is 39.4 Å². The number of nitrogens with two attached hydrogens (primary N) is 1. The lowest BCUT2D eigenvalue weighted by atomic mass is 9.99. The van der Waals surface area contributed by atoms with Crippen LogP contribution in [0.15, 0.2) is 0 Å². The summed E-state index contributed by atoms with van der Waals surface area (Å²) in [7, 11) is 0. The van der Waals surface area contributed by atoms with Crippen molar-refractivity contribution in [1.82, 2.24) is 9.80 Å². The van der Waals surface area contributed by atoms with E-state index in [2.05, 4.69) is 16.7 Å². The fraction of sp³-hybridized carbons (Fsp3) is 0.938. The number of nitrogens with zero attached hydrogens (tertiary/aromatic N) is 2. The number of ether oxygens (including phenoxy) is 1. The van der Waals surface area contributed by atoms with Gasteiger partial charge in [-0.3, -0.25) is 9.69 Å². The van der Waals surface area contributed by atoms with Crippen LogP contribution in [0.2, 0.25) is 0 Å². The lowest BCUT2D eigenvalue weighted by Gasteiger charge is -2.34. The number of likely N-dealkylation sites (tertiary alicyclic amines) is 1. The van der Waals surface area contributed by atoms with Crippen molar-refractivity contribution in [2.45, 2.75) is 44.7 Å². The highest BCUT2D eigenvalue weighted by Gasteiger charge is 2.37. The summed E-state index contributed by atoms with van der Waals surface area (Å²) < 4.78 is 5.43. The van der Waals surface area contributed by atoms with E-state index in [1.54, 1.807) is 0 Å². The average molecular weight is 295 g/mol. The zero-order valence-corrected chi connectivity index (χ0v) is 13.2. The third-order valence-electron chi connectivity index (χ3n) is 5.59. The van der Waals surface area contributed by atoms with E-state index in [1.807, 2.05) is 0 Å². The Morgan fingerprint density at radius 2 is 2.00 bits per heavy atom. The zero-order valence-electron chi connectivity index (χ0n) is 13.2. The lowest BCUT2D eigenvalue weighted by molar-refractivity contribution is -0.131. The SMILES string of the molecule is CC1CN(C(=O)C[C@@H]2CCC[C@H]2N)CC1N1CCOCC1. The highest BCUT2D eigenvalue weighted by Crippen LogP contribution is 2.29. The molecule has 1 aliphatic carbocycles. The molecule has 2 N–H and O–H groups in total. The minimum atomic E-state index is 0.240. The first-order chi connectivity index (χ1) is 10.1. The van der Waals surface area contributed by atoms with Gasteiger partial charge in [-0.25, -0.2) is 0 Å². The van der Waals surface area contributed by atoms with Crippen LogP contribution in [-0.4, -0.2) is 67.2 Å². The molecule has 120 valence electrons. The molecule has 3 rings (SSSR count). The van der Waals surface area contributed by atoms with Gasteiger partial charge in [-0.1, -0.05) is 13.3 Å². The molecular formula is C16H29N3O2. The fourth-order valence-electron chi connectivity index (χ4n) is 4.21. The molecule has 2 aliphatic heterocycles. The van der Waals surface area contributed by atoms with Crippen LogP contribution in [0.3, 0.4) is 0 Å². The first-order valence-electron chi connectivity index (χ1n) is 8.50. The average Bonchev–Trinajstić information content (AvgIpc) is 3.07. The Balaban J connectivity index is 1.53. The summed E-state index contributed by atoms with van der Waals surface area (Å²) in [5.41, 5.74) is 6.10. The van der Waals surface area contributed by atoms with Crippen molar-refractivity contribution in [3.63, 3.8) is 0 Å². The van der Waals surface area contributed by atoms with Crippen molar-refractivity contribution >= 4 is 5.91 Å². The molecule has 21 heavy (non-hydrogen) atoms. The van der Waals surface area contributed by atoms with Crippen LogP contribution in [-0.2, 0) is 9.53 Å². The van der Waals surface area contributed by atoms with E-state index in [1.165, 1.54) is 6.42 Å². The Kier molecular flexibility index (Phi) is 4.82. The van der Waals surface area contributed by atoms with Gasteiger partial charge in [-0.15, -0.1) is 0 Å². The van der Waals surface area contributed by atoms with Gasteiger partial charge < -0.3 is 15.4 Å². The molecule has 0 radical (unpaired) electrons. The summed E-state index contributed by atoms with van der Waals surface area (Å²) in [6.45, 7) is 7.73.